The maximum atomic E-state index is 12.5. The van der Waals surface area contributed by atoms with Gasteiger partial charge in [0.25, 0.3) is 5.82 Å². The molecule has 0 bridgehead atoms. The second-order valence-corrected chi connectivity index (χ2v) is 3.26. The quantitative estimate of drug-likeness (QED) is 0.880. The number of hydrogen-bond acceptors (Lipinski definition) is 4. The summed E-state index contributed by atoms with van der Waals surface area (Å²) in [5.41, 5.74) is -0.904. The van der Waals surface area contributed by atoms with E-state index >= 15 is 0 Å². The Balaban J connectivity index is 2.41. The number of benzene rings is 1. The molecule has 0 unspecified atom stereocenters. The second-order valence-electron chi connectivity index (χ2n) is 3.26. The number of rotatable bonds is 2. The molecule has 1 aromatic heterocycles. The molecule has 0 aliphatic carbocycles. The Morgan fingerprint density at radius 1 is 1.33 bits per heavy atom. The van der Waals surface area contributed by atoms with Crippen LogP contribution in [0.2, 0.25) is 0 Å². The maximum Gasteiger partial charge on any atom is 0.416 e. The van der Waals surface area contributed by atoms with Crippen molar-refractivity contribution in [3.05, 3.63) is 35.7 Å². The lowest BCUT2D eigenvalue weighted by molar-refractivity contribution is -0.137. The zero-order valence-electron chi connectivity index (χ0n) is 8.59. The lowest BCUT2D eigenvalue weighted by atomic mass is 10.2. The van der Waals surface area contributed by atoms with E-state index in [1.807, 2.05) is 0 Å². The minimum atomic E-state index is -4.49. The summed E-state index contributed by atoms with van der Waals surface area (Å²) in [5, 5.41) is 18.5. The summed E-state index contributed by atoms with van der Waals surface area (Å²) >= 11 is 0. The molecule has 1 aromatic carbocycles. The van der Waals surface area contributed by atoms with Crippen molar-refractivity contribution in [1.29, 1.82) is 0 Å². The van der Waals surface area contributed by atoms with Crippen molar-refractivity contribution in [1.82, 2.24) is 20.2 Å². The molecule has 9 heteroatoms. The number of carboxylic acids is 1. The van der Waals surface area contributed by atoms with Gasteiger partial charge in [0.15, 0.2) is 0 Å². The van der Waals surface area contributed by atoms with Gasteiger partial charge in [-0.2, -0.15) is 13.2 Å². The summed E-state index contributed by atoms with van der Waals surface area (Å²) in [6.45, 7) is 0. The van der Waals surface area contributed by atoms with Gasteiger partial charge in [0.2, 0.25) is 0 Å². The average Bonchev–Trinajstić information content (AvgIpc) is 2.77. The normalized spacial score (nSPS) is 11.5. The Kier molecular flexibility index (Phi) is 2.73. The number of aromatic carboxylic acids is 1. The zero-order chi connectivity index (χ0) is 13.3. The van der Waals surface area contributed by atoms with Crippen LogP contribution in [-0.2, 0) is 6.18 Å². The molecule has 1 N–H and O–H groups in total. The minimum absolute atomic E-state index is 0.0233. The van der Waals surface area contributed by atoms with Gasteiger partial charge in [-0.15, -0.1) is 15.0 Å². The number of alkyl halides is 3. The van der Waals surface area contributed by atoms with Crippen LogP contribution in [0, 0.1) is 0 Å². The standard InChI is InChI=1S/C9H5F3N4O2/c10-9(11,12)5-2-1-3-6(4-5)16-14-7(8(17)18)13-15-16/h1-4H,(H,17,18). The van der Waals surface area contributed by atoms with Gasteiger partial charge in [-0.25, -0.2) is 4.79 Å². The first-order chi connectivity index (χ1) is 8.38. The number of aromatic nitrogens is 4. The van der Waals surface area contributed by atoms with Gasteiger partial charge in [0.1, 0.15) is 0 Å². The highest BCUT2D eigenvalue weighted by molar-refractivity contribution is 5.82. The van der Waals surface area contributed by atoms with Crippen molar-refractivity contribution in [3.63, 3.8) is 0 Å². The predicted molar refractivity (Wildman–Crippen MR) is 51.1 cm³/mol. The Labute approximate surface area is 97.7 Å². The van der Waals surface area contributed by atoms with Gasteiger partial charge in [-0.05, 0) is 23.4 Å². The Hall–Kier alpha value is -2.45. The number of nitrogens with zero attached hydrogens (tertiary/aromatic N) is 4. The molecule has 2 rings (SSSR count). The number of tetrazole rings is 1. The Bertz CT molecular complexity index is 593. The van der Waals surface area contributed by atoms with Crippen LogP contribution in [0.3, 0.4) is 0 Å². The van der Waals surface area contributed by atoms with Gasteiger partial charge in [-0.3, -0.25) is 0 Å². The van der Waals surface area contributed by atoms with Gasteiger partial charge in [0.05, 0.1) is 11.3 Å². The van der Waals surface area contributed by atoms with Crippen molar-refractivity contribution in [2.45, 2.75) is 6.18 Å². The third-order valence-corrected chi connectivity index (χ3v) is 2.01. The molecule has 0 saturated carbocycles. The van der Waals surface area contributed by atoms with Gasteiger partial charge >= 0.3 is 12.1 Å². The third-order valence-electron chi connectivity index (χ3n) is 2.01. The molecule has 18 heavy (non-hydrogen) atoms. The monoisotopic (exact) mass is 258 g/mol. The Morgan fingerprint density at radius 3 is 2.61 bits per heavy atom. The van der Waals surface area contributed by atoms with Crippen LogP contribution in [0.15, 0.2) is 24.3 Å². The van der Waals surface area contributed by atoms with E-state index in [2.05, 4.69) is 15.4 Å². The number of hydrogen-bond donors (Lipinski definition) is 1. The molecule has 0 aliphatic heterocycles. The fourth-order valence-corrected chi connectivity index (χ4v) is 1.22. The van der Waals surface area contributed by atoms with E-state index in [0.29, 0.717) is 0 Å². The second kappa shape index (κ2) is 4.09. The van der Waals surface area contributed by atoms with E-state index in [0.717, 1.165) is 16.9 Å². The van der Waals surface area contributed by atoms with Crippen molar-refractivity contribution in [2.24, 2.45) is 0 Å². The molecule has 2 aromatic rings. The summed E-state index contributed by atoms with van der Waals surface area (Å²) < 4.78 is 37.4. The van der Waals surface area contributed by atoms with Crippen molar-refractivity contribution >= 4 is 5.97 Å². The molecule has 0 aliphatic rings. The van der Waals surface area contributed by atoms with Crippen LogP contribution < -0.4 is 0 Å². The molecule has 0 amide bonds. The van der Waals surface area contributed by atoms with Crippen LogP contribution in [0.5, 0.6) is 0 Å². The molecule has 0 fully saturated rings. The van der Waals surface area contributed by atoms with E-state index in [1.165, 1.54) is 12.1 Å². The summed E-state index contributed by atoms with van der Waals surface area (Å²) in [5.74, 6) is -2.00. The van der Waals surface area contributed by atoms with E-state index < -0.39 is 23.5 Å². The summed E-state index contributed by atoms with van der Waals surface area (Å²) in [4.78, 5) is 11.2. The van der Waals surface area contributed by atoms with Crippen molar-refractivity contribution in [3.8, 4) is 5.69 Å². The number of carboxylic acid groups (broad SMARTS) is 1. The number of halogens is 3. The van der Waals surface area contributed by atoms with Crippen LogP contribution in [0.4, 0.5) is 13.2 Å². The van der Waals surface area contributed by atoms with Crippen LogP contribution in [0.25, 0.3) is 5.69 Å². The fourth-order valence-electron chi connectivity index (χ4n) is 1.22. The molecule has 94 valence electrons. The van der Waals surface area contributed by atoms with E-state index in [9.17, 15) is 18.0 Å². The summed E-state index contributed by atoms with van der Waals surface area (Å²) in [7, 11) is 0. The fraction of sp³-hybridized carbons (Fsp3) is 0.111. The van der Waals surface area contributed by atoms with Gasteiger partial charge in [-0.1, -0.05) is 6.07 Å². The highest BCUT2D eigenvalue weighted by Gasteiger charge is 2.30. The SMILES string of the molecule is O=C(O)c1nnn(-c2cccc(C(F)(F)F)c2)n1. The highest BCUT2D eigenvalue weighted by Crippen LogP contribution is 2.29. The summed E-state index contributed by atoms with van der Waals surface area (Å²) in [6.07, 6.45) is -4.49. The third kappa shape index (κ3) is 2.29. The highest BCUT2D eigenvalue weighted by atomic mass is 19.4. The molecule has 0 spiro atoms. The molecular formula is C9H5F3N4O2. The lowest BCUT2D eigenvalue weighted by Crippen LogP contribution is -2.07. The first kappa shape index (κ1) is 12.0. The maximum absolute atomic E-state index is 12.5. The zero-order valence-corrected chi connectivity index (χ0v) is 8.59. The van der Waals surface area contributed by atoms with E-state index in [1.54, 1.807) is 0 Å². The van der Waals surface area contributed by atoms with Crippen LogP contribution >= 0.6 is 0 Å². The molecule has 0 radical (unpaired) electrons. The predicted octanol–water partition coefficient (Wildman–Crippen LogP) is 1.38. The van der Waals surface area contributed by atoms with Crippen LogP contribution in [-0.4, -0.2) is 31.3 Å². The molecule has 0 atom stereocenters. The lowest BCUT2D eigenvalue weighted by Gasteiger charge is -2.07. The Morgan fingerprint density at radius 2 is 2.06 bits per heavy atom. The summed E-state index contributed by atoms with van der Waals surface area (Å²) in [6, 6.07) is 4.16. The minimum Gasteiger partial charge on any atom is -0.475 e. The van der Waals surface area contributed by atoms with E-state index in [4.69, 9.17) is 5.11 Å². The average molecular weight is 258 g/mol. The van der Waals surface area contributed by atoms with Gasteiger partial charge in [0, 0.05) is 0 Å². The molecule has 1 heterocycles. The van der Waals surface area contributed by atoms with E-state index in [-0.39, 0.29) is 5.69 Å². The van der Waals surface area contributed by atoms with Crippen molar-refractivity contribution < 1.29 is 23.1 Å². The molecular weight excluding hydrogens is 253 g/mol. The van der Waals surface area contributed by atoms with Crippen LogP contribution in [0.1, 0.15) is 16.2 Å². The molecule has 6 nitrogen and oxygen atoms in total. The molecule has 0 saturated heterocycles. The smallest absolute Gasteiger partial charge is 0.416 e. The van der Waals surface area contributed by atoms with Gasteiger partial charge < -0.3 is 5.11 Å². The topological polar surface area (TPSA) is 80.9 Å². The number of carbonyl (C=O) groups is 1. The first-order valence-electron chi connectivity index (χ1n) is 4.59. The van der Waals surface area contributed by atoms with Crippen molar-refractivity contribution in [2.75, 3.05) is 0 Å². The largest absolute Gasteiger partial charge is 0.475 e. The first-order valence-corrected chi connectivity index (χ1v) is 4.59.